The predicted molar refractivity (Wildman–Crippen MR) is 91.1 cm³/mol. The van der Waals surface area contributed by atoms with Gasteiger partial charge in [-0.3, -0.25) is 4.99 Å². The number of guanidine groups is 1. The van der Waals surface area contributed by atoms with Crippen molar-refractivity contribution in [1.82, 2.24) is 10.2 Å². The Bertz CT molecular complexity index is 470. The molecule has 1 saturated carbocycles. The molecule has 0 radical (unpaired) electrons. The molecule has 0 saturated heterocycles. The van der Waals surface area contributed by atoms with Crippen LogP contribution in [0.2, 0.25) is 0 Å². The molecule has 0 aromatic rings. The van der Waals surface area contributed by atoms with Crippen molar-refractivity contribution in [1.29, 1.82) is 0 Å². The zero-order chi connectivity index (χ0) is 16.8. The summed E-state index contributed by atoms with van der Waals surface area (Å²) in [5.41, 5.74) is 0. The highest BCUT2D eigenvalue weighted by Crippen LogP contribution is 2.28. The van der Waals surface area contributed by atoms with Crippen molar-refractivity contribution in [2.24, 2.45) is 10.9 Å². The number of nitrogens with zero attached hydrogens (tertiary/aromatic N) is 2. The monoisotopic (exact) mass is 333 g/mol. The quantitative estimate of drug-likeness (QED) is 0.389. The number of sulfone groups is 1. The Hall–Kier alpha value is -0.820. The van der Waals surface area contributed by atoms with E-state index < -0.39 is 14.6 Å². The van der Waals surface area contributed by atoms with E-state index in [0.29, 0.717) is 12.6 Å². The van der Waals surface area contributed by atoms with Gasteiger partial charge in [-0.15, -0.1) is 0 Å². The Kier molecular flexibility index (Phi) is 7.12. The van der Waals surface area contributed by atoms with Crippen LogP contribution in [0.15, 0.2) is 4.99 Å². The largest absolute Gasteiger partial charge is 0.379 e. The molecule has 6 nitrogen and oxygen atoms in total. The van der Waals surface area contributed by atoms with E-state index in [0.717, 1.165) is 25.6 Å². The number of likely N-dealkylation sites (N-methyl/N-ethyl adjacent to an activating group) is 1. The number of ether oxygens (including phenoxy) is 1. The Balaban J connectivity index is 2.51. The first-order chi connectivity index (χ1) is 10.2. The second-order valence-corrected chi connectivity index (χ2v) is 9.29. The van der Waals surface area contributed by atoms with Gasteiger partial charge in [0.25, 0.3) is 0 Å². The van der Waals surface area contributed by atoms with Crippen molar-refractivity contribution >= 4 is 15.8 Å². The van der Waals surface area contributed by atoms with Crippen molar-refractivity contribution in [3.63, 3.8) is 0 Å². The van der Waals surface area contributed by atoms with Crippen LogP contribution in [-0.2, 0) is 14.6 Å². The minimum absolute atomic E-state index is 0.238. The van der Waals surface area contributed by atoms with Gasteiger partial charge in [0.1, 0.15) is 0 Å². The predicted octanol–water partition coefficient (Wildman–Crippen LogP) is 1.13. The molecule has 1 aliphatic carbocycles. The maximum Gasteiger partial charge on any atom is 0.193 e. The van der Waals surface area contributed by atoms with E-state index in [9.17, 15) is 8.42 Å². The van der Waals surface area contributed by atoms with Gasteiger partial charge in [0.05, 0.1) is 17.9 Å². The zero-order valence-electron chi connectivity index (χ0n) is 14.6. The second kappa shape index (κ2) is 8.15. The second-order valence-electron chi connectivity index (χ2n) is 6.64. The fourth-order valence-electron chi connectivity index (χ4n) is 1.69. The fourth-order valence-corrected chi connectivity index (χ4v) is 1.99. The Morgan fingerprint density at radius 3 is 2.55 bits per heavy atom. The van der Waals surface area contributed by atoms with E-state index >= 15 is 0 Å². The van der Waals surface area contributed by atoms with Gasteiger partial charge < -0.3 is 15.0 Å². The van der Waals surface area contributed by atoms with Crippen LogP contribution in [-0.4, -0.2) is 70.2 Å². The maximum atomic E-state index is 11.8. The molecule has 1 N–H and O–H groups in total. The molecule has 130 valence electrons. The zero-order valence-corrected chi connectivity index (χ0v) is 15.4. The van der Waals surface area contributed by atoms with Gasteiger partial charge >= 0.3 is 0 Å². The molecular weight excluding hydrogens is 302 g/mol. The summed E-state index contributed by atoms with van der Waals surface area (Å²) >= 11 is 0. The van der Waals surface area contributed by atoms with Gasteiger partial charge in [0, 0.05) is 33.0 Å². The SMILES string of the molecule is CCNC(=NCC(C)(C)S(C)(=O)=O)N(C)CCOCC1CC1. The van der Waals surface area contributed by atoms with Crippen LogP contribution in [0.4, 0.5) is 0 Å². The van der Waals surface area contributed by atoms with Crippen LogP contribution in [0.3, 0.4) is 0 Å². The van der Waals surface area contributed by atoms with Gasteiger partial charge in [-0.25, -0.2) is 8.42 Å². The molecule has 0 aromatic carbocycles. The third-order valence-corrected chi connectivity index (χ3v) is 6.07. The Morgan fingerprint density at radius 2 is 2.05 bits per heavy atom. The van der Waals surface area contributed by atoms with E-state index in [4.69, 9.17) is 4.74 Å². The van der Waals surface area contributed by atoms with Crippen molar-refractivity contribution < 1.29 is 13.2 Å². The van der Waals surface area contributed by atoms with Gasteiger partial charge in [0.15, 0.2) is 15.8 Å². The van der Waals surface area contributed by atoms with Crippen LogP contribution in [0, 0.1) is 5.92 Å². The fraction of sp³-hybridized carbons (Fsp3) is 0.933. The van der Waals surface area contributed by atoms with Crippen LogP contribution in [0.5, 0.6) is 0 Å². The lowest BCUT2D eigenvalue weighted by Gasteiger charge is -2.25. The first-order valence-corrected chi connectivity index (χ1v) is 9.83. The van der Waals surface area contributed by atoms with Gasteiger partial charge in [-0.2, -0.15) is 0 Å². The first kappa shape index (κ1) is 19.2. The summed E-state index contributed by atoms with van der Waals surface area (Å²) in [5, 5.41) is 3.19. The molecule has 22 heavy (non-hydrogen) atoms. The molecule has 0 aromatic heterocycles. The molecule has 0 aliphatic heterocycles. The van der Waals surface area contributed by atoms with E-state index in [1.54, 1.807) is 13.8 Å². The third-order valence-electron chi connectivity index (χ3n) is 3.93. The molecule has 1 fully saturated rings. The summed E-state index contributed by atoms with van der Waals surface area (Å²) in [6, 6.07) is 0. The molecule has 1 rings (SSSR count). The summed E-state index contributed by atoms with van der Waals surface area (Å²) < 4.78 is 28.3. The Labute approximate surface area is 135 Å². The molecule has 0 amide bonds. The van der Waals surface area contributed by atoms with Crippen LogP contribution in [0.1, 0.15) is 33.6 Å². The van der Waals surface area contributed by atoms with Crippen molar-refractivity contribution in [3.05, 3.63) is 0 Å². The Morgan fingerprint density at radius 1 is 1.41 bits per heavy atom. The highest BCUT2D eigenvalue weighted by atomic mass is 32.2. The van der Waals surface area contributed by atoms with E-state index in [1.165, 1.54) is 19.1 Å². The molecule has 0 bridgehead atoms. The minimum atomic E-state index is -3.14. The van der Waals surface area contributed by atoms with E-state index in [1.807, 2.05) is 18.9 Å². The standard InChI is InChI=1S/C15H31N3O3S/c1-6-16-14(17-12-15(2,3)22(5,19)20)18(4)9-10-21-11-13-7-8-13/h13H,6-12H2,1-5H3,(H,16,17). The minimum Gasteiger partial charge on any atom is -0.379 e. The van der Waals surface area contributed by atoms with Gasteiger partial charge in [-0.1, -0.05) is 0 Å². The van der Waals surface area contributed by atoms with E-state index in [2.05, 4.69) is 10.3 Å². The molecule has 0 atom stereocenters. The molecule has 0 unspecified atom stereocenters. The molecule has 0 heterocycles. The number of hydrogen-bond donors (Lipinski definition) is 1. The number of rotatable bonds is 9. The average molecular weight is 333 g/mol. The van der Waals surface area contributed by atoms with Gasteiger partial charge in [-0.05, 0) is 39.5 Å². The smallest absolute Gasteiger partial charge is 0.193 e. The van der Waals surface area contributed by atoms with Crippen molar-refractivity contribution in [2.45, 2.75) is 38.4 Å². The molecule has 1 aliphatic rings. The highest BCUT2D eigenvalue weighted by Gasteiger charge is 2.30. The lowest BCUT2D eigenvalue weighted by atomic mass is 10.2. The summed E-state index contributed by atoms with van der Waals surface area (Å²) in [5.74, 6) is 1.48. The van der Waals surface area contributed by atoms with Crippen molar-refractivity contribution in [3.8, 4) is 0 Å². The maximum absolute atomic E-state index is 11.8. The highest BCUT2D eigenvalue weighted by molar-refractivity contribution is 7.92. The third kappa shape index (κ3) is 6.52. The van der Waals surface area contributed by atoms with Crippen LogP contribution >= 0.6 is 0 Å². The van der Waals surface area contributed by atoms with E-state index in [-0.39, 0.29) is 6.54 Å². The summed E-state index contributed by atoms with van der Waals surface area (Å²) in [7, 11) is -1.20. The number of hydrogen-bond acceptors (Lipinski definition) is 4. The van der Waals surface area contributed by atoms with Gasteiger partial charge in [0.2, 0.25) is 0 Å². The number of nitrogens with one attached hydrogen (secondary N) is 1. The topological polar surface area (TPSA) is 71.0 Å². The number of aliphatic imine (C=N–C) groups is 1. The normalized spacial score (nSPS) is 16.7. The van der Waals surface area contributed by atoms with Crippen LogP contribution < -0.4 is 5.32 Å². The molecule has 0 spiro atoms. The lowest BCUT2D eigenvalue weighted by Crippen LogP contribution is -2.42. The summed E-state index contributed by atoms with van der Waals surface area (Å²) in [6.45, 7) is 8.62. The summed E-state index contributed by atoms with van der Waals surface area (Å²) in [6.07, 6.45) is 3.84. The summed E-state index contributed by atoms with van der Waals surface area (Å²) in [4.78, 5) is 6.46. The van der Waals surface area contributed by atoms with Crippen LogP contribution in [0.25, 0.3) is 0 Å². The van der Waals surface area contributed by atoms with Crippen molar-refractivity contribution in [2.75, 3.05) is 46.2 Å². The first-order valence-electron chi connectivity index (χ1n) is 7.94. The molecule has 7 heteroatoms. The molecular formula is C15H31N3O3S. The lowest BCUT2D eigenvalue weighted by molar-refractivity contribution is 0.115. The average Bonchev–Trinajstić information content (AvgIpc) is 3.22.